The van der Waals surface area contributed by atoms with Gasteiger partial charge < -0.3 is 15.1 Å². The maximum atomic E-state index is 5.94. The Labute approximate surface area is 142 Å². The number of rotatable bonds is 4. The van der Waals surface area contributed by atoms with Crippen molar-refractivity contribution in [2.75, 3.05) is 19.3 Å². The molecule has 1 fully saturated rings. The quantitative estimate of drug-likeness (QED) is 0.663. The first-order valence-electron chi connectivity index (χ1n) is 8.17. The largest absolute Gasteiger partial charge is 0.459 e. The number of fused-ring (bicyclic) bond motifs is 1. The van der Waals surface area contributed by atoms with Crippen molar-refractivity contribution < 1.29 is 4.42 Å². The van der Waals surface area contributed by atoms with Crippen molar-refractivity contribution >= 4 is 28.7 Å². The second-order valence-corrected chi connectivity index (χ2v) is 8.01. The SMILES string of the molecule is CN=C(NCc1oc2ccccc2c1C)NCC1(C)CCCS1. The van der Waals surface area contributed by atoms with Gasteiger partial charge in [-0.25, -0.2) is 0 Å². The molecule has 1 atom stereocenters. The standard InChI is InChI=1S/C18H25N3OS/c1-13-14-7-4-5-8-15(14)22-16(13)11-20-17(19-3)21-12-18(2)9-6-10-23-18/h4-5,7-8H,6,9-12H2,1-3H3,(H2,19,20,21). The number of thioether (sulfide) groups is 1. The summed E-state index contributed by atoms with van der Waals surface area (Å²) >= 11 is 2.05. The minimum Gasteiger partial charge on any atom is -0.459 e. The highest BCUT2D eigenvalue weighted by molar-refractivity contribution is 8.00. The highest BCUT2D eigenvalue weighted by Crippen LogP contribution is 2.36. The number of benzene rings is 1. The van der Waals surface area contributed by atoms with Gasteiger partial charge in [-0.2, -0.15) is 11.8 Å². The number of guanidine groups is 1. The van der Waals surface area contributed by atoms with Crippen LogP contribution < -0.4 is 10.6 Å². The number of hydrogen-bond donors (Lipinski definition) is 2. The Balaban J connectivity index is 1.60. The molecule has 124 valence electrons. The minimum atomic E-state index is 0.326. The van der Waals surface area contributed by atoms with E-state index in [9.17, 15) is 0 Å². The van der Waals surface area contributed by atoms with Crippen molar-refractivity contribution in [1.29, 1.82) is 0 Å². The molecule has 2 aromatic rings. The van der Waals surface area contributed by atoms with Crippen LogP contribution in [-0.4, -0.2) is 30.1 Å². The summed E-state index contributed by atoms with van der Waals surface area (Å²) in [6.07, 6.45) is 2.58. The lowest BCUT2D eigenvalue weighted by Crippen LogP contribution is -2.43. The van der Waals surface area contributed by atoms with Crippen molar-refractivity contribution in [3.8, 4) is 0 Å². The van der Waals surface area contributed by atoms with Crippen molar-refractivity contribution in [3.63, 3.8) is 0 Å². The fourth-order valence-electron chi connectivity index (χ4n) is 3.03. The van der Waals surface area contributed by atoms with Gasteiger partial charge in [0.05, 0.1) is 6.54 Å². The Morgan fingerprint density at radius 3 is 2.87 bits per heavy atom. The van der Waals surface area contributed by atoms with Crippen LogP contribution in [0.3, 0.4) is 0 Å². The van der Waals surface area contributed by atoms with Crippen LogP contribution in [0, 0.1) is 6.92 Å². The molecule has 1 aliphatic heterocycles. The van der Waals surface area contributed by atoms with Crippen LogP contribution in [0.4, 0.5) is 0 Å². The summed E-state index contributed by atoms with van der Waals surface area (Å²) in [5, 5.41) is 8.00. The molecule has 0 amide bonds. The van der Waals surface area contributed by atoms with Gasteiger partial charge in [-0.05, 0) is 38.5 Å². The monoisotopic (exact) mass is 331 g/mol. The van der Waals surface area contributed by atoms with Crippen LogP contribution in [-0.2, 0) is 6.54 Å². The molecule has 2 heterocycles. The number of aliphatic imine (C=N–C) groups is 1. The molecular formula is C18H25N3OS. The van der Waals surface area contributed by atoms with E-state index in [0.717, 1.165) is 23.8 Å². The van der Waals surface area contributed by atoms with E-state index in [1.165, 1.54) is 29.5 Å². The molecule has 2 N–H and O–H groups in total. The molecule has 3 rings (SSSR count). The molecule has 4 nitrogen and oxygen atoms in total. The summed E-state index contributed by atoms with van der Waals surface area (Å²) in [7, 11) is 1.81. The van der Waals surface area contributed by atoms with E-state index < -0.39 is 0 Å². The Morgan fingerprint density at radius 2 is 2.17 bits per heavy atom. The van der Waals surface area contributed by atoms with Gasteiger partial charge in [-0.3, -0.25) is 4.99 Å². The van der Waals surface area contributed by atoms with E-state index in [4.69, 9.17) is 4.42 Å². The molecule has 1 unspecified atom stereocenters. The third-order valence-electron chi connectivity index (χ3n) is 4.51. The Hall–Kier alpha value is -1.62. The zero-order valence-electron chi connectivity index (χ0n) is 14.1. The van der Waals surface area contributed by atoms with Gasteiger partial charge >= 0.3 is 0 Å². The van der Waals surface area contributed by atoms with Crippen molar-refractivity contribution in [2.24, 2.45) is 4.99 Å². The normalized spacial score (nSPS) is 21.8. The predicted octanol–water partition coefficient (Wildman–Crippen LogP) is 3.69. The van der Waals surface area contributed by atoms with E-state index in [0.29, 0.717) is 11.3 Å². The van der Waals surface area contributed by atoms with Gasteiger partial charge in [0.15, 0.2) is 5.96 Å². The average molecular weight is 331 g/mol. The van der Waals surface area contributed by atoms with Crippen molar-refractivity contribution in [1.82, 2.24) is 10.6 Å². The van der Waals surface area contributed by atoms with Gasteiger partial charge in [0.1, 0.15) is 11.3 Å². The first-order chi connectivity index (χ1) is 11.1. The van der Waals surface area contributed by atoms with E-state index in [-0.39, 0.29) is 0 Å². The number of nitrogens with one attached hydrogen (secondary N) is 2. The van der Waals surface area contributed by atoms with E-state index in [2.05, 4.69) is 47.3 Å². The zero-order chi connectivity index (χ0) is 16.3. The minimum absolute atomic E-state index is 0.326. The molecule has 1 saturated heterocycles. The summed E-state index contributed by atoms with van der Waals surface area (Å²) < 4.78 is 6.27. The van der Waals surface area contributed by atoms with Crippen molar-refractivity contribution in [2.45, 2.75) is 38.0 Å². The van der Waals surface area contributed by atoms with Gasteiger partial charge in [-0.15, -0.1) is 0 Å². The summed E-state index contributed by atoms with van der Waals surface area (Å²) in [5.74, 6) is 3.07. The predicted molar refractivity (Wildman–Crippen MR) is 99.2 cm³/mol. The maximum absolute atomic E-state index is 5.94. The lowest BCUT2D eigenvalue weighted by Gasteiger charge is -2.24. The Bertz CT molecular complexity index is 701. The van der Waals surface area contributed by atoms with Crippen LogP contribution in [0.5, 0.6) is 0 Å². The van der Waals surface area contributed by atoms with Crippen molar-refractivity contribution in [3.05, 3.63) is 35.6 Å². The molecule has 0 saturated carbocycles. The number of aryl methyl sites for hydroxylation is 1. The molecule has 1 aromatic heterocycles. The van der Waals surface area contributed by atoms with Gasteiger partial charge in [0.25, 0.3) is 0 Å². The molecular weight excluding hydrogens is 306 g/mol. The van der Waals surface area contributed by atoms with Crippen LogP contribution in [0.2, 0.25) is 0 Å². The number of furan rings is 1. The lowest BCUT2D eigenvalue weighted by atomic mass is 10.1. The molecule has 5 heteroatoms. The summed E-state index contributed by atoms with van der Waals surface area (Å²) in [5.41, 5.74) is 2.14. The first kappa shape index (κ1) is 16.2. The number of para-hydroxylation sites is 1. The van der Waals surface area contributed by atoms with E-state index in [1.54, 1.807) is 0 Å². The second kappa shape index (κ2) is 6.87. The highest BCUT2D eigenvalue weighted by Gasteiger charge is 2.29. The van der Waals surface area contributed by atoms with Gasteiger partial charge in [-0.1, -0.05) is 18.2 Å². The summed E-state index contributed by atoms with van der Waals surface area (Å²) in [4.78, 5) is 4.32. The number of hydrogen-bond acceptors (Lipinski definition) is 3. The number of nitrogens with zero attached hydrogens (tertiary/aromatic N) is 1. The van der Waals surface area contributed by atoms with Crippen LogP contribution in [0.15, 0.2) is 33.7 Å². The maximum Gasteiger partial charge on any atom is 0.191 e. The molecule has 1 aliphatic rings. The highest BCUT2D eigenvalue weighted by atomic mass is 32.2. The third kappa shape index (κ3) is 3.66. The van der Waals surface area contributed by atoms with E-state index in [1.807, 2.05) is 25.2 Å². The fraction of sp³-hybridized carbons (Fsp3) is 0.500. The molecule has 0 radical (unpaired) electrons. The lowest BCUT2D eigenvalue weighted by molar-refractivity contribution is 0.531. The summed E-state index contributed by atoms with van der Waals surface area (Å²) in [6, 6.07) is 8.16. The Morgan fingerprint density at radius 1 is 1.35 bits per heavy atom. The molecule has 0 bridgehead atoms. The van der Waals surface area contributed by atoms with E-state index >= 15 is 0 Å². The van der Waals surface area contributed by atoms with Gasteiger partial charge in [0.2, 0.25) is 0 Å². The van der Waals surface area contributed by atoms with Crippen LogP contribution in [0.25, 0.3) is 11.0 Å². The van der Waals surface area contributed by atoms with Crippen LogP contribution in [0.1, 0.15) is 31.1 Å². The topological polar surface area (TPSA) is 49.6 Å². The zero-order valence-corrected chi connectivity index (χ0v) is 14.9. The van der Waals surface area contributed by atoms with Gasteiger partial charge in [0, 0.05) is 29.3 Å². The molecule has 23 heavy (non-hydrogen) atoms. The smallest absolute Gasteiger partial charge is 0.191 e. The Kier molecular flexibility index (Phi) is 4.85. The second-order valence-electron chi connectivity index (χ2n) is 6.33. The van der Waals surface area contributed by atoms with Crippen LogP contribution >= 0.6 is 11.8 Å². The molecule has 1 aromatic carbocycles. The first-order valence-corrected chi connectivity index (χ1v) is 9.15. The molecule has 0 spiro atoms. The average Bonchev–Trinajstić information content (AvgIpc) is 3.13. The molecule has 0 aliphatic carbocycles. The fourth-order valence-corrected chi connectivity index (χ4v) is 4.27. The third-order valence-corrected chi connectivity index (χ3v) is 6.05. The summed E-state index contributed by atoms with van der Waals surface area (Å²) in [6.45, 7) is 6.02.